The normalized spacial score (nSPS) is 30.3. The van der Waals surface area contributed by atoms with Gasteiger partial charge in [-0.25, -0.2) is 5.43 Å². The van der Waals surface area contributed by atoms with E-state index in [2.05, 4.69) is 42.0 Å². The number of nitrogens with one attached hydrogen (secondary N) is 2. The van der Waals surface area contributed by atoms with Crippen molar-refractivity contribution in [2.24, 2.45) is 11.7 Å². The molecule has 2 aliphatic heterocycles. The van der Waals surface area contributed by atoms with Crippen molar-refractivity contribution in [2.45, 2.75) is 37.8 Å². The van der Waals surface area contributed by atoms with Crippen molar-refractivity contribution in [2.75, 3.05) is 19.6 Å². The van der Waals surface area contributed by atoms with E-state index in [0.29, 0.717) is 24.4 Å². The van der Waals surface area contributed by atoms with E-state index in [1.807, 2.05) is 11.0 Å². The highest BCUT2D eigenvalue weighted by Gasteiger charge is 2.39. The van der Waals surface area contributed by atoms with Gasteiger partial charge in [0.15, 0.2) is 0 Å². The van der Waals surface area contributed by atoms with E-state index in [0.717, 1.165) is 25.9 Å². The maximum Gasteiger partial charge on any atom is 0.241 e. The van der Waals surface area contributed by atoms with Crippen LogP contribution >= 0.6 is 12.4 Å². The summed E-state index contributed by atoms with van der Waals surface area (Å²) in [4.78, 5) is 14.7. The first-order valence-corrected chi connectivity index (χ1v) is 8.27. The fraction of sp³-hybridized carbons (Fsp3) is 0.588. The molecule has 23 heavy (non-hydrogen) atoms. The van der Waals surface area contributed by atoms with Gasteiger partial charge in [-0.15, -0.1) is 12.4 Å². The monoisotopic (exact) mass is 338 g/mol. The van der Waals surface area contributed by atoms with Gasteiger partial charge in [0, 0.05) is 25.0 Å². The van der Waals surface area contributed by atoms with E-state index in [9.17, 15) is 4.79 Å². The van der Waals surface area contributed by atoms with Gasteiger partial charge in [0.1, 0.15) is 6.04 Å². The van der Waals surface area contributed by atoms with Crippen LogP contribution in [0.25, 0.3) is 0 Å². The number of hydrogen-bond donors (Lipinski definition) is 3. The summed E-state index contributed by atoms with van der Waals surface area (Å²) in [5.74, 6) is 0.912. The number of carbonyl (C=O) groups excluding carboxylic acids is 1. The minimum absolute atomic E-state index is 0. The number of hydrogen-bond acceptors (Lipinski definition) is 4. The summed E-state index contributed by atoms with van der Waals surface area (Å²) in [6.07, 6.45) is 1.91. The van der Waals surface area contributed by atoms with Crippen molar-refractivity contribution in [3.05, 3.63) is 35.9 Å². The fourth-order valence-corrected chi connectivity index (χ4v) is 3.64. The standard InChI is InChI=1S/C17H26N4O.ClH/c1-2-14-8-16(20-19-14)17(22)21-10-13(9-18)15(11-21)12-6-4-3-5-7-12;/h3-7,13-16,19-20H,2,8-11,18H2,1H3;1H/t13-,14?,15+,16?;/m1./s1. The predicted molar refractivity (Wildman–Crippen MR) is 94.3 cm³/mol. The third kappa shape index (κ3) is 3.86. The minimum Gasteiger partial charge on any atom is -0.340 e. The zero-order valence-corrected chi connectivity index (χ0v) is 14.4. The molecule has 128 valence electrons. The maximum atomic E-state index is 12.7. The van der Waals surface area contributed by atoms with Crippen molar-refractivity contribution in [1.82, 2.24) is 15.8 Å². The van der Waals surface area contributed by atoms with Gasteiger partial charge in [0.2, 0.25) is 5.91 Å². The first-order valence-electron chi connectivity index (χ1n) is 8.27. The molecule has 1 aromatic rings. The second-order valence-electron chi connectivity index (χ2n) is 6.44. The van der Waals surface area contributed by atoms with Crippen molar-refractivity contribution >= 4 is 18.3 Å². The predicted octanol–water partition coefficient (Wildman–Crippen LogP) is 1.25. The van der Waals surface area contributed by atoms with Crippen LogP contribution in [0.3, 0.4) is 0 Å². The average molecular weight is 339 g/mol. The van der Waals surface area contributed by atoms with E-state index in [1.165, 1.54) is 5.56 Å². The fourth-order valence-electron chi connectivity index (χ4n) is 3.64. The smallest absolute Gasteiger partial charge is 0.241 e. The molecule has 2 saturated heterocycles. The molecule has 0 spiro atoms. The highest BCUT2D eigenvalue weighted by Crippen LogP contribution is 2.32. The molecule has 6 heteroatoms. The van der Waals surface area contributed by atoms with Gasteiger partial charge in [-0.05, 0) is 30.9 Å². The molecule has 0 bridgehead atoms. The van der Waals surface area contributed by atoms with Crippen LogP contribution in [0.1, 0.15) is 31.2 Å². The lowest BCUT2D eigenvalue weighted by molar-refractivity contribution is -0.132. The molecular weight excluding hydrogens is 312 g/mol. The lowest BCUT2D eigenvalue weighted by Crippen LogP contribution is -2.45. The molecule has 4 N–H and O–H groups in total. The summed E-state index contributed by atoms with van der Waals surface area (Å²) < 4.78 is 0. The van der Waals surface area contributed by atoms with Crippen LogP contribution in [0.15, 0.2) is 30.3 Å². The molecule has 4 atom stereocenters. The number of amides is 1. The van der Waals surface area contributed by atoms with E-state index in [4.69, 9.17) is 5.73 Å². The quantitative estimate of drug-likeness (QED) is 0.773. The molecule has 5 nitrogen and oxygen atoms in total. The first-order chi connectivity index (χ1) is 10.7. The second kappa shape index (κ2) is 8.11. The Labute approximate surface area is 144 Å². The van der Waals surface area contributed by atoms with Crippen LogP contribution in [-0.4, -0.2) is 42.5 Å². The van der Waals surface area contributed by atoms with Gasteiger partial charge in [-0.1, -0.05) is 37.3 Å². The Bertz CT molecular complexity index is 513. The summed E-state index contributed by atoms with van der Waals surface area (Å²) in [7, 11) is 0. The van der Waals surface area contributed by atoms with E-state index < -0.39 is 0 Å². The molecule has 0 radical (unpaired) electrons. The molecule has 1 aromatic carbocycles. The van der Waals surface area contributed by atoms with E-state index in [-0.39, 0.29) is 24.4 Å². The Morgan fingerprint density at radius 1 is 1.26 bits per heavy atom. The van der Waals surface area contributed by atoms with E-state index >= 15 is 0 Å². The van der Waals surface area contributed by atoms with Crippen LogP contribution in [-0.2, 0) is 4.79 Å². The van der Waals surface area contributed by atoms with Crippen molar-refractivity contribution < 1.29 is 4.79 Å². The number of nitrogens with two attached hydrogens (primary N) is 1. The number of likely N-dealkylation sites (tertiary alicyclic amines) is 1. The molecule has 1 amide bonds. The van der Waals surface area contributed by atoms with Crippen LogP contribution in [0.5, 0.6) is 0 Å². The molecule has 2 aliphatic rings. The molecule has 0 saturated carbocycles. The van der Waals surface area contributed by atoms with Gasteiger partial charge >= 0.3 is 0 Å². The SMILES string of the molecule is CCC1CC(C(=O)N2C[C@@H](CN)[C@H](c3ccccc3)C2)NN1.Cl. The summed E-state index contributed by atoms with van der Waals surface area (Å²) in [6, 6.07) is 10.7. The van der Waals surface area contributed by atoms with Gasteiger partial charge in [-0.3, -0.25) is 10.2 Å². The van der Waals surface area contributed by atoms with Gasteiger partial charge in [-0.2, -0.15) is 0 Å². The average Bonchev–Trinajstić information content (AvgIpc) is 3.21. The third-order valence-corrected chi connectivity index (χ3v) is 5.06. The lowest BCUT2D eigenvalue weighted by Gasteiger charge is -2.20. The topological polar surface area (TPSA) is 70.4 Å². The Morgan fingerprint density at radius 3 is 2.61 bits per heavy atom. The Kier molecular flexibility index (Phi) is 6.41. The Balaban J connectivity index is 0.00000192. The number of rotatable bonds is 4. The third-order valence-electron chi connectivity index (χ3n) is 5.06. The molecule has 2 heterocycles. The minimum atomic E-state index is -0.0992. The van der Waals surface area contributed by atoms with E-state index in [1.54, 1.807) is 0 Å². The van der Waals surface area contributed by atoms with Crippen molar-refractivity contribution in [3.63, 3.8) is 0 Å². The lowest BCUT2D eigenvalue weighted by atomic mass is 9.89. The first kappa shape index (κ1) is 18.2. The Morgan fingerprint density at radius 2 is 2.00 bits per heavy atom. The number of nitrogens with zero attached hydrogens (tertiary/aromatic N) is 1. The van der Waals surface area contributed by atoms with Crippen LogP contribution in [0, 0.1) is 5.92 Å². The largest absolute Gasteiger partial charge is 0.340 e. The second-order valence-corrected chi connectivity index (χ2v) is 6.44. The highest BCUT2D eigenvalue weighted by molar-refractivity contribution is 5.85. The summed E-state index contributed by atoms with van der Waals surface area (Å²) in [5, 5.41) is 0. The summed E-state index contributed by atoms with van der Waals surface area (Å²) in [6.45, 7) is 4.30. The van der Waals surface area contributed by atoms with Gasteiger partial charge in [0.25, 0.3) is 0 Å². The number of hydrazine groups is 1. The van der Waals surface area contributed by atoms with Crippen molar-refractivity contribution in [3.8, 4) is 0 Å². The van der Waals surface area contributed by atoms with Gasteiger partial charge in [0.05, 0.1) is 0 Å². The molecule has 0 aromatic heterocycles. The maximum absolute atomic E-state index is 12.7. The van der Waals surface area contributed by atoms with Crippen molar-refractivity contribution in [1.29, 1.82) is 0 Å². The molecular formula is C17H27ClN4O. The molecule has 3 rings (SSSR count). The number of halogens is 1. The molecule has 2 fully saturated rings. The molecule has 2 unspecified atom stereocenters. The summed E-state index contributed by atoms with van der Waals surface area (Å²) >= 11 is 0. The summed E-state index contributed by atoms with van der Waals surface area (Å²) in [5.41, 5.74) is 13.6. The van der Waals surface area contributed by atoms with Crippen LogP contribution < -0.4 is 16.6 Å². The zero-order chi connectivity index (χ0) is 15.5. The van der Waals surface area contributed by atoms with Crippen LogP contribution in [0.4, 0.5) is 0 Å². The number of benzene rings is 1. The van der Waals surface area contributed by atoms with Gasteiger partial charge < -0.3 is 10.6 Å². The highest BCUT2D eigenvalue weighted by atomic mass is 35.5. The number of carbonyl (C=O) groups is 1. The van der Waals surface area contributed by atoms with Crippen LogP contribution in [0.2, 0.25) is 0 Å². The Hall–Kier alpha value is -1.14. The zero-order valence-electron chi connectivity index (χ0n) is 13.6. The molecule has 0 aliphatic carbocycles.